The van der Waals surface area contributed by atoms with Crippen molar-refractivity contribution in [2.45, 2.75) is 53.0 Å². The molecule has 1 aromatic rings. The summed E-state index contributed by atoms with van der Waals surface area (Å²) in [6.07, 6.45) is 5.59. The minimum absolute atomic E-state index is 0.0101. The summed E-state index contributed by atoms with van der Waals surface area (Å²) in [7, 11) is 0. The van der Waals surface area contributed by atoms with Gasteiger partial charge in [0.25, 0.3) is 0 Å². The largest absolute Gasteiger partial charge is 0.395 e. The average Bonchev–Trinajstić information content (AvgIpc) is 2.83. The lowest BCUT2D eigenvalue weighted by Crippen LogP contribution is -2.37. The van der Waals surface area contributed by atoms with E-state index in [0.717, 1.165) is 37.2 Å². The van der Waals surface area contributed by atoms with Crippen LogP contribution in [0.25, 0.3) is 0 Å². The van der Waals surface area contributed by atoms with Crippen molar-refractivity contribution in [3.63, 3.8) is 0 Å². The number of amides is 1. The van der Waals surface area contributed by atoms with Gasteiger partial charge in [-0.2, -0.15) is 0 Å². The van der Waals surface area contributed by atoms with Crippen molar-refractivity contribution in [2.24, 2.45) is 5.92 Å². The Kier molecular flexibility index (Phi) is 7.30. The Morgan fingerprint density at radius 1 is 1.40 bits per heavy atom. The third kappa shape index (κ3) is 4.96. The minimum atomic E-state index is -0.0101. The Morgan fingerprint density at radius 2 is 2.05 bits per heavy atom. The van der Waals surface area contributed by atoms with Crippen molar-refractivity contribution in [3.8, 4) is 0 Å². The molecular weight excluding hydrogens is 254 g/mol. The van der Waals surface area contributed by atoms with E-state index in [9.17, 15) is 9.90 Å². The van der Waals surface area contributed by atoms with Crippen LogP contribution in [0.1, 0.15) is 51.0 Å². The summed E-state index contributed by atoms with van der Waals surface area (Å²) >= 11 is 0. The molecule has 1 amide bonds. The second-order valence-electron chi connectivity index (χ2n) is 5.25. The zero-order valence-corrected chi connectivity index (χ0v) is 12.9. The lowest BCUT2D eigenvalue weighted by atomic mass is 9.96. The van der Waals surface area contributed by atoms with Crippen LogP contribution in [0.4, 0.5) is 0 Å². The molecule has 0 bridgehead atoms. The monoisotopic (exact) mass is 281 g/mol. The third-order valence-corrected chi connectivity index (χ3v) is 3.42. The van der Waals surface area contributed by atoms with Crippen molar-refractivity contribution in [1.82, 2.24) is 14.9 Å². The Bertz CT molecular complexity index is 398. The minimum Gasteiger partial charge on any atom is -0.395 e. The molecule has 1 heterocycles. The lowest BCUT2D eigenvalue weighted by molar-refractivity contribution is -0.137. The molecule has 0 unspecified atom stereocenters. The van der Waals surface area contributed by atoms with Crippen molar-refractivity contribution in [1.29, 1.82) is 0 Å². The molecule has 1 rings (SSSR count). The molecule has 0 spiro atoms. The number of hydrogen-bond acceptors (Lipinski definition) is 3. The molecule has 5 heteroatoms. The first-order valence-electron chi connectivity index (χ1n) is 7.52. The van der Waals surface area contributed by atoms with Crippen LogP contribution in [-0.2, 0) is 11.3 Å². The number of hydrogen-bond donors (Lipinski definition) is 2. The number of carbonyl (C=O) groups is 1. The number of rotatable bonds is 9. The summed E-state index contributed by atoms with van der Waals surface area (Å²) < 4.78 is 0. The first-order valence-corrected chi connectivity index (χ1v) is 7.52. The predicted molar refractivity (Wildman–Crippen MR) is 79.1 cm³/mol. The molecule has 0 aliphatic heterocycles. The molecule has 0 saturated carbocycles. The molecule has 0 radical (unpaired) electrons. The van der Waals surface area contributed by atoms with Gasteiger partial charge in [-0.3, -0.25) is 4.79 Å². The summed E-state index contributed by atoms with van der Waals surface area (Å²) in [5, 5.41) is 9.19. The van der Waals surface area contributed by atoms with E-state index in [1.165, 1.54) is 0 Å². The van der Waals surface area contributed by atoms with Gasteiger partial charge in [-0.05, 0) is 19.8 Å². The summed E-state index contributed by atoms with van der Waals surface area (Å²) in [4.78, 5) is 21.6. The second kappa shape index (κ2) is 8.74. The van der Waals surface area contributed by atoms with Gasteiger partial charge in [-0.15, -0.1) is 0 Å². The molecule has 0 aliphatic carbocycles. The van der Waals surface area contributed by atoms with E-state index >= 15 is 0 Å². The van der Waals surface area contributed by atoms with Crippen LogP contribution in [0.5, 0.6) is 0 Å². The molecule has 0 saturated heterocycles. The molecule has 20 heavy (non-hydrogen) atoms. The number of H-pyrrole nitrogens is 1. The summed E-state index contributed by atoms with van der Waals surface area (Å²) in [6.45, 7) is 6.95. The summed E-state index contributed by atoms with van der Waals surface area (Å²) in [5.41, 5.74) is 0.913. The van der Waals surface area contributed by atoms with Crippen molar-refractivity contribution >= 4 is 5.91 Å². The van der Waals surface area contributed by atoms with Gasteiger partial charge in [-0.1, -0.05) is 26.7 Å². The van der Waals surface area contributed by atoms with E-state index in [1.807, 2.05) is 6.92 Å². The molecule has 0 aromatic carbocycles. The highest BCUT2D eigenvalue weighted by atomic mass is 16.3. The van der Waals surface area contributed by atoms with E-state index in [-0.39, 0.29) is 18.4 Å². The maximum absolute atomic E-state index is 12.6. The Balaban J connectivity index is 2.74. The number of aromatic nitrogens is 2. The number of carbonyl (C=O) groups excluding carboxylic acids is 1. The fourth-order valence-corrected chi connectivity index (χ4v) is 2.49. The molecule has 2 N–H and O–H groups in total. The average molecular weight is 281 g/mol. The van der Waals surface area contributed by atoms with Crippen LogP contribution in [0, 0.1) is 12.8 Å². The lowest BCUT2D eigenvalue weighted by Gasteiger charge is -2.26. The second-order valence-corrected chi connectivity index (χ2v) is 5.25. The number of aryl methyl sites for hydroxylation is 1. The molecule has 0 fully saturated rings. The predicted octanol–water partition coefficient (Wildman–Crippen LogP) is 2.26. The standard InChI is InChI=1S/C15H27N3O2/c1-4-6-13(7-5-2)15(20)18(8-9-19)11-14-10-16-12(3)17-14/h10,13,19H,4-9,11H2,1-3H3,(H,16,17). The van der Waals surface area contributed by atoms with Gasteiger partial charge in [0.05, 0.1) is 25.0 Å². The first-order chi connectivity index (χ1) is 9.62. The number of aliphatic hydroxyl groups is 1. The van der Waals surface area contributed by atoms with Crippen LogP contribution in [0.3, 0.4) is 0 Å². The number of nitrogens with one attached hydrogen (secondary N) is 1. The van der Waals surface area contributed by atoms with E-state index in [2.05, 4.69) is 23.8 Å². The first kappa shape index (κ1) is 16.7. The Labute approximate surface area is 121 Å². The number of imidazole rings is 1. The highest BCUT2D eigenvalue weighted by Gasteiger charge is 2.23. The fraction of sp³-hybridized carbons (Fsp3) is 0.733. The fourth-order valence-electron chi connectivity index (χ4n) is 2.49. The number of aliphatic hydroxyl groups excluding tert-OH is 1. The number of nitrogens with zero attached hydrogens (tertiary/aromatic N) is 2. The topological polar surface area (TPSA) is 69.2 Å². The molecular formula is C15H27N3O2. The van der Waals surface area contributed by atoms with Gasteiger partial charge < -0.3 is 15.0 Å². The van der Waals surface area contributed by atoms with Gasteiger partial charge in [-0.25, -0.2) is 4.98 Å². The van der Waals surface area contributed by atoms with Crippen molar-refractivity contribution < 1.29 is 9.90 Å². The molecule has 114 valence electrons. The van der Waals surface area contributed by atoms with Crippen LogP contribution in [0.15, 0.2) is 6.20 Å². The Hall–Kier alpha value is -1.36. The van der Waals surface area contributed by atoms with E-state index in [0.29, 0.717) is 13.1 Å². The summed E-state index contributed by atoms with van der Waals surface area (Å²) in [5.74, 6) is 1.06. The zero-order chi connectivity index (χ0) is 15.0. The van der Waals surface area contributed by atoms with Crippen molar-refractivity contribution in [3.05, 3.63) is 17.7 Å². The zero-order valence-electron chi connectivity index (χ0n) is 12.9. The van der Waals surface area contributed by atoms with Crippen LogP contribution < -0.4 is 0 Å². The van der Waals surface area contributed by atoms with Crippen LogP contribution >= 0.6 is 0 Å². The van der Waals surface area contributed by atoms with Gasteiger partial charge >= 0.3 is 0 Å². The highest BCUT2D eigenvalue weighted by molar-refractivity contribution is 5.78. The van der Waals surface area contributed by atoms with Gasteiger partial charge in [0, 0.05) is 12.5 Å². The molecule has 5 nitrogen and oxygen atoms in total. The quantitative estimate of drug-likeness (QED) is 0.729. The highest BCUT2D eigenvalue weighted by Crippen LogP contribution is 2.18. The summed E-state index contributed by atoms with van der Waals surface area (Å²) in [6, 6.07) is 0. The van der Waals surface area contributed by atoms with E-state index in [4.69, 9.17) is 0 Å². The maximum Gasteiger partial charge on any atom is 0.226 e. The smallest absolute Gasteiger partial charge is 0.226 e. The van der Waals surface area contributed by atoms with Crippen LogP contribution in [0.2, 0.25) is 0 Å². The normalized spacial score (nSPS) is 11.1. The SMILES string of the molecule is CCCC(CCC)C(=O)N(CCO)Cc1cnc(C)[nH]1. The van der Waals surface area contributed by atoms with E-state index < -0.39 is 0 Å². The van der Waals surface area contributed by atoms with Crippen molar-refractivity contribution in [2.75, 3.05) is 13.2 Å². The number of aromatic amines is 1. The van der Waals surface area contributed by atoms with E-state index in [1.54, 1.807) is 11.1 Å². The van der Waals surface area contributed by atoms with Gasteiger partial charge in [0.15, 0.2) is 0 Å². The maximum atomic E-state index is 12.6. The third-order valence-electron chi connectivity index (χ3n) is 3.42. The van der Waals surface area contributed by atoms with Gasteiger partial charge in [0.2, 0.25) is 5.91 Å². The van der Waals surface area contributed by atoms with Crippen LogP contribution in [-0.4, -0.2) is 39.0 Å². The Morgan fingerprint density at radius 3 is 2.50 bits per heavy atom. The molecule has 0 atom stereocenters. The molecule has 0 aliphatic rings. The molecule has 1 aromatic heterocycles. The van der Waals surface area contributed by atoms with Gasteiger partial charge in [0.1, 0.15) is 5.82 Å².